The van der Waals surface area contributed by atoms with Gasteiger partial charge in [-0.3, -0.25) is 67.7 Å². The lowest BCUT2D eigenvalue weighted by Crippen LogP contribution is -2.52. The number of nitriles is 1. The van der Waals surface area contributed by atoms with E-state index in [-0.39, 0.29) is 135 Å². The van der Waals surface area contributed by atoms with Gasteiger partial charge in [-0.25, -0.2) is 8.78 Å². The second-order valence-corrected chi connectivity index (χ2v) is 16.9. The van der Waals surface area contributed by atoms with Crippen LogP contribution < -0.4 is 16.0 Å². The van der Waals surface area contributed by atoms with Crippen molar-refractivity contribution in [3.05, 3.63) is 29.1 Å². The first-order valence-electron chi connectivity index (χ1n) is 22.1. The number of carboxylic acid groups (broad SMARTS) is 4. The van der Waals surface area contributed by atoms with Gasteiger partial charge in [0.15, 0.2) is 0 Å². The molecule has 4 heterocycles. The van der Waals surface area contributed by atoms with Crippen LogP contribution in [0.1, 0.15) is 60.6 Å². The number of halogens is 2. The third-order valence-corrected chi connectivity index (χ3v) is 11.7. The first-order chi connectivity index (χ1) is 32.1. The SMILES string of the molecule is C[C@@H](NC(=O)c1cnc2c(c1)CCN(C(=O)CCC(=O)NCCNC(=O)CCC(C(=O)O)N1CCN(CC(=O)O)CCN(CC(=O)O)CCN(CC(=O)O)CC1)C2)C(=O)N1CC(F)(F)C[C@H]1C#N. The summed E-state index contributed by atoms with van der Waals surface area (Å²) in [4.78, 5) is 124. The number of pyridine rings is 1. The van der Waals surface area contributed by atoms with Gasteiger partial charge in [0.05, 0.1) is 50.1 Å². The highest BCUT2D eigenvalue weighted by Crippen LogP contribution is 2.32. The molecular weight excluding hydrogens is 905 g/mol. The van der Waals surface area contributed by atoms with E-state index in [9.17, 15) is 77.6 Å². The number of hydrogen-bond acceptors (Lipinski definition) is 15. The van der Waals surface area contributed by atoms with Crippen molar-refractivity contribution in [2.75, 3.05) is 98.2 Å². The number of amides is 5. The van der Waals surface area contributed by atoms with Crippen LogP contribution in [0, 0.1) is 11.3 Å². The molecule has 3 atom stereocenters. The molecule has 374 valence electrons. The van der Waals surface area contributed by atoms with E-state index in [1.807, 2.05) is 0 Å². The van der Waals surface area contributed by atoms with Crippen LogP contribution in [0.25, 0.3) is 0 Å². The molecule has 0 bridgehead atoms. The highest BCUT2D eigenvalue weighted by atomic mass is 19.3. The second kappa shape index (κ2) is 25.6. The first kappa shape index (κ1) is 54.2. The normalized spacial score (nSPS) is 19.5. The van der Waals surface area contributed by atoms with Crippen molar-refractivity contribution in [1.82, 2.24) is 50.3 Å². The molecule has 3 aliphatic heterocycles. The molecule has 0 radical (unpaired) electrons. The molecule has 1 aromatic rings. The van der Waals surface area contributed by atoms with E-state index in [4.69, 9.17) is 0 Å². The number of rotatable bonds is 20. The Morgan fingerprint density at radius 3 is 1.84 bits per heavy atom. The monoisotopic (exact) mass is 963 g/mol. The van der Waals surface area contributed by atoms with E-state index < -0.39 is 84.5 Å². The summed E-state index contributed by atoms with van der Waals surface area (Å²) in [5, 5.41) is 55.4. The fraction of sp³-hybridized carbons (Fsp3) is 0.643. The van der Waals surface area contributed by atoms with E-state index in [2.05, 4.69) is 20.9 Å². The molecule has 0 saturated carbocycles. The number of carbonyl (C=O) groups is 9. The number of carboxylic acids is 4. The quantitative estimate of drug-likeness (QED) is 0.0668. The lowest BCUT2D eigenvalue weighted by Gasteiger charge is -2.35. The van der Waals surface area contributed by atoms with Crippen molar-refractivity contribution in [2.45, 2.75) is 76.0 Å². The first-order valence-corrected chi connectivity index (χ1v) is 22.1. The number of aromatic nitrogens is 1. The Morgan fingerprint density at radius 1 is 0.794 bits per heavy atom. The van der Waals surface area contributed by atoms with Gasteiger partial charge in [0, 0.05) is 104 Å². The van der Waals surface area contributed by atoms with Gasteiger partial charge in [-0.05, 0) is 31.4 Å². The van der Waals surface area contributed by atoms with Crippen molar-refractivity contribution in [3.8, 4) is 6.07 Å². The summed E-state index contributed by atoms with van der Waals surface area (Å²) in [5.41, 5.74) is 1.31. The van der Waals surface area contributed by atoms with Gasteiger partial charge in [-0.1, -0.05) is 0 Å². The van der Waals surface area contributed by atoms with Crippen molar-refractivity contribution >= 4 is 53.4 Å². The standard InChI is InChI=1S/C42H59F2N11O13/c1-27(40(66)55-26-42(43,44)19-30(55)20-45)49-39(65)29-18-28-6-9-54(22-31(28)48-21-29)35(58)5-4-34(57)47-8-7-46-33(56)3-2-32(41(67)68)53-16-14-51(24-37(61)62)12-10-50(23-36(59)60)11-13-52(15-17-53)25-38(63)64/h18,21,27,30,32H,2-17,19,22-26H2,1H3,(H,46,56)(H,47,57)(H,49,65)(H,59,60)(H,61,62)(H,63,64)(H,67,68)/t27-,30+,32?/m1/s1. The average Bonchev–Trinajstić information content (AvgIpc) is 3.60. The maximum atomic E-state index is 13.8. The molecule has 68 heavy (non-hydrogen) atoms. The maximum Gasteiger partial charge on any atom is 0.320 e. The summed E-state index contributed by atoms with van der Waals surface area (Å²) >= 11 is 0. The average molecular weight is 964 g/mol. The Kier molecular flexibility index (Phi) is 20.4. The lowest BCUT2D eigenvalue weighted by molar-refractivity contribution is -0.145. The van der Waals surface area contributed by atoms with Crippen molar-refractivity contribution in [3.63, 3.8) is 0 Å². The van der Waals surface area contributed by atoms with Gasteiger partial charge < -0.3 is 46.2 Å². The van der Waals surface area contributed by atoms with Crippen LogP contribution in [0.4, 0.5) is 8.78 Å². The number of nitrogens with one attached hydrogen (secondary N) is 3. The van der Waals surface area contributed by atoms with Crippen molar-refractivity contribution in [1.29, 1.82) is 5.26 Å². The molecule has 4 rings (SSSR count). The Hall–Kier alpha value is -6.43. The number of likely N-dealkylation sites (tertiary alicyclic amines) is 1. The number of fused-ring (bicyclic) bond motifs is 1. The van der Waals surface area contributed by atoms with Crippen LogP contribution in [0.3, 0.4) is 0 Å². The summed E-state index contributed by atoms with van der Waals surface area (Å²) in [6, 6.07) is -0.446. The summed E-state index contributed by atoms with van der Waals surface area (Å²) in [5.74, 6) is -10.6. The summed E-state index contributed by atoms with van der Waals surface area (Å²) in [6.07, 6.45) is 0.151. The van der Waals surface area contributed by atoms with E-state index in [1.165, 1.54) is 18.0 Å². The number of carbonyl (C=O) groups excluding carboxylic acids is 5. The third-order valence-electron chi connectivity index (χ3n) is 11.7. The largest absolute Gasteiger partial charge is 0.480 e. The van der Waals surface area contributed by atoms with Gasteiger partial charge in [0.1, 0.15) is 18.1 Å². The topological polar surface area (TPSA) is 327 Å². The zero-order valence-corrected chi connectivity index (χ0v) is 37.7. The molecule has 0 aromatic carbocycles. The minimum absolute atomic E-state index is 0.00397. The fourth-order valence-corrected chi connectivity index (χ4v) is 8.11. The molecule has 24 nitrogen and oxygen atoms in total. The molecule has 2 fully saturated rings. The summed E-state index contributed by atoms with van der Waals surface area (Å²) in [6.45, 7) is 0.604. The smallest absolute Gasteiger partial charge is 0.320 e. The van der Waals surface area contributed by atoms with Crippen LogP contribution in [0.2, 0.25) is 0 Å². The second-order valence-electron chi connectivity index (χ2n) is 16.9. The van der Waals surface area contributed by atoms with Crippen LogP contribution in [0.15, 0.2) is 12.3 Å². The van der Waals surface area contributed by atoms with Crippen molar-refractivity contribution in [2.24, 2.45) is 0 Å². The minimum atomic E-state index is -3.21. The third kappa shape index (κ3) is 17.3. The number of hydrogen-bond donors (Lipinski definition) is 7. The molecule has 1 aromatic heterocycles. The van der Waals surface area contributed by atoms with Crippen LogP contribution >= 0.6 is 0 Å². The van der Waals surface area contributed by atoms with Gasteiger partial charge in [0.25, 0.3) is 11.8 Å². The predicted octanol–water partition coefficient (Wildman–Crippen LogP) is -2.43. The Morgan fingerprint density at radius 2 is 1.32 bits per heavy atom. The highest BCUT2D eigenvalue weighted by Gasteiger charge is 2.48. The van der Waals surface area contributed by atoms with Gasteiger partial charge >= 0.3 is 23.9 Å². The molecule has 1 unspecified atom stereocenters. The molecule has 2 saturated heterocycles. The van der Waals surface area contributed by atoms with Crippen LogP contribution in [-0.4, -0.2) is 230 Å². The Balaban J connectivity index is 1.20. The fourth-order valence-electron chi connectivity index (χ4n) is 8.11. The van der Waals surface area contributed by atoms with E-state index in [0.29, 0.717) is 17.7 Å². The summed E-state index contributed by atoms with van der Waals surface area (Å²) < 4.78 is 27.7. The van der Waals surface area contributed by atoms with E-state index >= 15 is 0 Å². The molecule has 3 aliphatic rings. The number of aliphatic carboxylic acids is 4. The molecule has 7 N–H and O–H groups in total. The van der Waals surface area contributed by atoms with Crippen molar-refractivity contribution < 1.29 is 72.4 Å². The van der Waals surface area contributed by atoms with Crippen LogP contribution in [0.5, 0.6) is 0 Å². The minimum Gasteiger partial charge on any atom is -0.480 e. The molecule has 0 aliphatic carbocycles. The number of alkyl halides is 2. The van der Waals surface area contributed by atoms with E-state index in [0.717, 1.165) is 4.90 Å². The molecule has 5 amide bonds. The number of nitrogens with zero attached hydrogens (tertiary/aromatic N) is 8. The summed E-state index contributed by atoms with van der Waals surface area (Å²) in [7, 11) is 0. The van der Waals surface area contributed by atoms with Gasteiger partial charge in [-0.15, -0.1) is 0 Å². The zero-order valence-electron chi connectivity index (χ0n) is 37.7. The predicted molar refractivity (Wildman–Crippen MR) is 231 cm³/mol. The molecule has 26 heteroatoms. The molecule has 0 spiro atoms. The van der Waals surface area contributed by atoms with E-state index in [1.54, 1.807) is 31.7 Å². The van der Waals surface area contributed by atoms with Gasteiger partial charge in [0.2, 0.25) is 23.6 Å². The Labute approximate surface area is 390 Å². The maximum absolute atomic E-state index is 13.8. The van der Waals surface area contributed by atoms with Crippen LogP contribution in [-0.2, 0) is 51.3 Å². The highest BCUT2D eigenvalue weighted by molar-refractivity contribution is 5.97. The lowest BCUT2D eigenvalue weighted by atomic mass is 10.0. The Bertz CT molecular complexity index is 2040. The van der Waals surface area contributed by atoms with Gasteiger partial charge in [-0.2, -0.15) is 5.26 Å². The zero-order chi connectivity index (χ0) is 50.1. The molecular formula is C42H59F2N11O13.